The number of ether oxygens (including phenoxy) is 4. The molecule has 0 fully saturated rings. The fourth-order valence-electron chi connectivity index (χ4n) is 6.10. The average molecular weight is 880 g/mol. The number of allylic oxidation sites excluding steroid dienone is 16. The molecular formula is C54H89NO8. The maximum atomic E-state index is 12.8. The Balaban J connectivity index is 4.37. The van der Waals surface area contributed by atoms with E-state index in [2.05, 4.69) is 111 Å². The molecule has 0 aromatic rings. The standard InChI is InChI=1S/C54H89NO8/c1-6-8-10-12-14-16-18-20-21-22-23-24-25-26-27-28-29-30-31-33-35-37-39-41-43-45-52(57)63-50(49-62-54(53(58)59)60-47-46-55(3,4)5)48-61-51(56)44-42-40-38-36-34-32-19-17-15-13-11-9-7-2/h8-11,14-17,20-21,23-24,26-27,32,34,50,54H,6-7,12-13,18-19,22,25,28-31,33,35-49H2,1-5H3/b10-8-,11-9-,16-14-,17-15-,21-20-,24-23-,27-26-,34-32-. The second-order valence-electron chi connectivity index (χ2n) is 17.0. The van der Waals surface area contributed by atoms with Crippen molar-refractivity contribution in [2.45, 2.75) is 180 Å². The highest BCUT2D eigenvalue weighted by Gasteiger charge is 2.21. The number of nitrogens with zero attached hydrogens (tertiary/aromatic N) is 1. The maximum Gasteiger partial charge on any atom is 0.306 e. The Hall–Kier alpha value is -3.79. The van der Waals surface area contributed by atoms with Crippen LogP contribution in [0.15, 0.2) is 97.2 Å². The molecule has 0 N–H and O–H groups in total. The zero-order chi connectivity index (χ0) is 46.3. The molecule has 9 heteroatoms. The van der Waals surface area contributed by atoms with Crippen molar-refractivity contribution in [1.29, 1.82) is 0 Å². The second kappa shape index (κ2) is 44.8. The van der Waals surface area contributed by atoms with Gasteiger partial charge in [0.05, 0.1) is 40.3 Å². The first-order valence-corrected chi connectivity index (χ1v) is 24.4. The van der Waals surface area contributed by atoms with E-state index in [0.717, 1.165) is 96.3 Å². The third-order valence-electron chi connectivity index (χ3n) is 9.83. The van der Waals surface area contributed by atoms with Crippen molar-refractivity contribution in [2.75, 3.05) is 47.5 Å². The van der Waals surface area contributed by atoms with E-state index in [4.69, 9.17) is 18.9 Å². The number of carboxylic acids is 1. The van der Waals surface area contributed by atoms with Crippen molar-refractivity contribution in [2.24, 2.45) is 0 Å². The van der Waals surface area contributed by atoms with Gasteiger partial charge in [-0.05, 0) is 89.9 Å². The zero-order valence-corrected chi connectivity index (χ0v) is 40.4. The normalized spacial score (nSPS) is 13.7. The van der Waals surface area contributed by atoms with Crippen molar-refractivity contribution in [3.63, 3.8) is 0 Å². The number of hydrogen-bond acceptors (Lipinski definition) is 8. The highest BCUT2D eigenvalue weighted by Crippen LogP contribution is 2.13. The van der Waals surface area contributed by atoms with Crippen molar-refractivity contribution >= 4 is 17.9 Å². The van der Waals surface area contributed by atoms with Crippen LogP contribution in [0.4, 0.5) is 0 Å². The molecule has 0 aromatic carbocycles. The van der Waals surface area contributed by atoms with Gasteiger partial charge in [-0.2, -0.15) is 0 Å². The van der Waals surface area contributed by atoms with Crippen molar-refractivity contribution in [1.82, 2.24) is 0 Å². The van der Waals surface area contributed by atoms with Crippen LogP contribution < -0.4 is 5.11 Å². The first kappa shape index (κ1) is 59.2. The first-order valence-electron chi connectivity index (χ1n) is 24.4. The summed E-state index contributed by atoms with van der Waals surface area (Å²) in [7, 11) is 5.89. The monoisotopic (exact) mass is 880 g/mol. The summed E-state index contributed by atoms with van der Waals surface area (Å²) in [5.74, 6) is -2.35. The van der Waals surface area contributed by atoms with Crippen LogP contribution in [0.5, 0.6) is 0 Å². The third-order valence-corrected chi connectivity index (χ3v) is 9.83. The van der Waals surface area contributed by atoms with Crippen molar-refractivity contribution in [3.05, 3.63) is 97.2 Å². The van der Waals surface area contributed by atoms with Crippen LogP contribution in [0.2, 0.25) is 0 Å². The number of quaternary nitrogens is 1. The summed E-state index contributed by atoms with van der Waals surface area (Å²) in [4.78, 5) is 37.0. The summed E-state index contributed by atoms with van der Waals surface area (Å²) in [6.07, 6.45) is 55.9. The van der Waals surface area contributed by atoms with Crippen LogP contribution in [0, 0.1) is 0 Å². The largest absolute Gasteiger partial charge is 0.545 e. The van der Waals surface area contributed by atoms with Crippen LogP contribution in [-0.4, -0.2) is 82.3 Å². The Bertz CT molecular complexity index is 1350. The molecule has 0 saturated heterocycles. The molecule has 2 atom stereocenters. The van der Waals surface area contributed by atoms with Crippen molar-refractivity contribution in [3.8, 4) is 0 Å². The lowest BCUT2D eigenvalue weighted by Crippen LogP contribution is -2.44. The molecule has 9 nitrogen and oxygen atoms in total. The Labute approximate surface area is 384 Å². The van der Waals surface area contributed by atoms with E-state index < -0.39 is 30.3 Å². The predicted molar refractivity (Wildman–Crippen MR) is 260 cm³/mol. The molecule has 0 radical (unpaired) electrons. The Morgan fingerprint density at radius 2 is 0.857 bits per heavy atom. The number of aliphatic carboxylic acids is 1. The number of carbonyl (C=O) groups excluding carboxylic acids is 3. The van der Waals surface area contributed by atoms with Crippen LogP contribution >= 0.6 is 0 Å². The summed E-state index contributed by atoms with van der Waals surface area (Å²) >= 11 is 0. The molecule has 0 aliphatic carbocycles. The van der Waals surface area contributed by atoms with Gasteiger partial charge in [-0.3, -0.25) is 9.59 Å². The van der Waals surface area contributed by atoms with Crippen LogP contribution in [0.25, 0.3) is 0 Å². The van der Waals surface area contributed by atoms with Gasteiger partial charge < -0.3 is 33.3 Å². The molecule has 0 heterocycles. The van der Waals surface area contributed by atoms with Crippen molar-refractivity contribution < 1.29 is 42.9 Å². The van der Waals surface area contributed by atoms with Gasteiger partial charge in [-0.15, -0.1) is 0 Å². The second-order valence-corrected chi connectivity index (χ2v) is 17.0. The van der Waals surface area contributed by atoms with Gasteiger partial charge in [-0.25, -0.2) is 0 Å². The van der Waals surface area contributed by atoms with Crippen LogP contribution in [-0.2, 0) is 33.3 Å². The Morgan fingerprint density at radius 3 is 1.29 bits per heavy atom. The predicted octanol–water partition coefficient (Wildman–Crippen LogP) is 12.1. The molecule has 0 bridgehead atoms. The van der Waals surface area contributed by atoms with Gasteiger partial charge in [-0.1, -0.05) is 162 Å². The number of esters is 2. The van der Waals surface area contributed by atoms with Crippen LogP contribution in [0.1, 0.15) is 168 Å². The Kier molecular flexibility index (Phi) is 42.1. The molecule has 0 rings (SSSR count). The smallest absolute Gasteiger partial charge is 0.306 e. The summed E-state index contributed by atoms with van der Waals surface area (Å²) in [5, 5.41) is 11.7. The maximum absolute atomic E-state index is 12.8. The minimum absolute atomic E-state index is 0.136. The first-order chi connectivity index (χ1) is 30.6. The van der Waals surface area contributed by atoms with E-state index in [1.807, 2.05) is 21.1 Å². The average Bonchev–Trinajstić information content (AvgIpc) is 3.24. The minimum Gasteiger partial charge on any atom is -0.545 e. The molecule has 0 aliphatic heterocycles. The molecule has 2 unspecified atom stereocenters. The van der Waals surface area contributed by atoms with Crippen LogP contribution in [0.3, 0.4) is 0 Å². The molecule has 0 spiro atoms. The summed E-state index contributed by atoms with van der Waals surface area (Å²) in [6.45, 7) is 4.44. The fourth-order valence-corrected chi connectivity index (χ4v) is 6.10. The highest BCUT2D eigenvalue weighted by molar-refractivity contribution is 5.70. The van der Waals surface area contributed by atoms with Gasteiger partial charge in [0.25, 0.3) is 0 Å². The molecule has 0 amide bonds. The molecule has 0 saturated carbocycles. The molecule has 358 valence electrons. The minimum atomic E-state index is -1.63. The van der Waals surface area contributed by atoms with E-state index in [9.17, 15) is 19.5 Å². The molecule has 0 aliphatic rings. The molecular weight excluding hydrogens is 791 g/mol. The number of unbranched alkanes of at least 4 members (excludes halogenated alkanes) is 12. The number of likely N-dealkylation sites (N-methyl/N-ethyl adjacent to an activating group) is 1. The fraction of sp³-hybridized carbons (Fsp3) is 0.648. The number of carbonyl (C=O) groups is 3. The van der Waals surface area contributed by atoms with E-state index in [1.54, 1.807) is 0 Å². The molecule has 63 heavy (non-hydrogen) atoms. The van der Waals surface area contributed by atoms with Gasteiger partial charge in [0.2, 0.25) is 0 Å². The lowest BCUT2D eigenvalue weighted by atomic mass is 10.1. The third kappa shape index (κ3) is 46.0. The highest BCUT2D eigenvalue weighted by atomic mass is 16.7. The number of rotatable bonds is 43. The van der Waals surface area contributed by atoms with E-state index in [-0.39, 0.29) is 32.7 Å². The lowest BCUT2D eigenvalue weighted by molar-refractivity contribution is -0.870. The quantitative estimate of drug-likeness (QED) is 0.0196. The van der Waals surface area contributed by atoms with Gasteiger partial charge in [0.1, 0.15) is 13.2 Å². The summed E-state index contributed by atoms with van der Waals surface area (Å²) in [6, 6.07) is 0. The van der Waals surface area contributed by atoms with E-state index in [1.165, 1.54) is 32.1 Å². The van der Waals surface area contributed by atoms with Gasteiger partial charge >= 0.3 is 11.9 Å². The van der Waals surface area contributed by atoms with Gasteiger partial charge in [0, 0.05) is 12.8 Å². The number of hydrogen-bond donors (Lipinski definition) is 0. The summed E-state index contributed by atoms with van der Waals surface area (Å²) < 4.78 is 22.5. The van der Waals surface area contributed by atoms with E-state index >= 15 is 0 Å². The van der Waals surface area contributed by atoms with Gasteiger partial charge in [0.15, 0.2) is 12.4 Å². The lowest BCUT2D eigenvalue weighted by Gasteiger charge is -2.26. The number of carboxylic acid groups (broad SMARTS) is 1. The zero-order valence-electron chi connectivity index (χ0n) is 40.4. The SMILES string of the molecule is CC/C=C\C/C=C\C/C=C\C/C=C\C/C=C\CCCCCCCCCCCC(=O)OC(COC(=O)CCCCC/C=C\C/C=C\C/C=C\CC)COC(OCC[N+](C)(C)C)C(=O)[O-]. The Morgan fingerprint density at radius 1 is 0.476 bits per heavy atom. The van der Waals surface area contributed by atoms with E-state index in [0.29, 0.717) is 23.9 Å². The topological polar surface area (TPSA) is 111 Å². The summed E-state index contributed by atoms with van der Waals surface area (Å²) in [5.41, 5.74) is 0. The molecule has 0 aromatic heterocycles.